The van der Waals surface area contributed by atoms with Crippen LogP contribution in [0.4, 0.5) is 5.69 Å². The standard InChI is InChI=1S/C27H39N3O6S/c1-6-18-28-27(32)25(7-2)29(20-21-10-14-23(35-3)15-11-21)26(31)9-8-19-30(37(5,33)34)22-12-16-24(36-4)17-13-22/h10-17,25H,6-9,18-20H2,1-5H3,(H,28,32). The Hall–Kier alpha value is -3.27. The third-order valence-electron chi connectivity index (χ3n) is 5.96. The molecule has 1 atom stereocenters. The predicted octanol–water partition coefficient (Wildman–Crippen LogP) is 3.58. The van der Waals surface area contributed by atoms with Gasteiger partial charge >= 0.3 is 0 Å². The molecule has 0 fully saturated rings. The van der Waals surface area contributed by atoms with Crippen LogP contribution in [-0.4, -0.2) is 64.7 Å². The van der Waals surface area contributed by atoms with E-state index in [1.165, 1.54) is 4.31 Å². The van der Waals surface area contributed by atoms with Crippen LogP contribution in [0.3, 0.4) is 0 Å². The molecule has 2 amide bonds. The van der Waals surface area contributed by atoms with Gasteiger partial charge in [-0.2, -0.15) is 0 Å². The Kier molecular flexibility index (Phi) is 11.7. The number of benzene rings is 2. The van der Waals surface area contributed by atoms with Crippen molar-refractivity contribution in [3.63, 3.8) is 0 Å². The molecule has 0 radical (unpaired) electrons. The molecule has 2 aromatic rings. The number of hydrogen-bond donors (Lipinski definition) is 1. The zero-order valence-electron chi connectivity index (χ0n) is 22.4. The van der Waals surface area contributed by atoms with Crippen LogP contribution in [0.1, 0.15) is 45.1 Å². The summed E-state index contributed by atoms with van der Waals surface area (Å²) >= 11 is 0. The normalized spacial score (nSPS) is 11.9. The minimum absolute atomic E-state index is 0.0931. The molecule has 0 saturated heterocycles. The molecule has 2 rings (SSSR count). The fourth-order valence-corrected chi connectivity index (χ4v) is 4.93. The van der Waals surface area contributed by atoms with Gasteiger partial charge in [-0.3, -0.25) is 13.9 Å². The molecule has 0 aliphatic heterocycles. The molecule has 9 nitrogen and oxygen atoms in total. The molecule has 0 aliphatic rings. The number of hydrogen-bond acceptors (Lipinski definition) is 6. The number of sulfonamides is 1. The van der Waals surface area contributed by atoms with Crippen molar-refractivity contribution >= 4 is 27.5 Å². The summed E-state index contributed by atoms with van der Waals surface area (Å²) in [6, 6.07) is 13.4. The average Bonchev–Trinajstić information content (AvgIpc) is 2.89. The van der Waals surface area contributed by atoms with Crippen LogP contribution in [0.15, 0.2) is 48.5 Å². The first-order chi connectivity index (χ1) is 17.6. The fourth-order valence-electron chi connectivity index (χ4n) is 3.97. The summed E-state index contributed by atoms with van der Waals surface area (Å²) < 4.78 is 36.6. The van der Waals surface area contributed by atoms with E-state index in [0.717, 1.165) is 18.2 Å². The first kappa shape index (κ1) is 30.0. The lowest BCUT2D eigenvalue weighted by atomic mass is 10.1. The maximum atomic E-state index is 13.4. The highest BCUT2D eigenvalue weighted by Crippen LogP contribution is 2.23. The quantitative estimate of drug-likeness (QED) is 0.375. The van der Waals surface area contributed by atoms with Crippen molar-refractivity contribution in [3.05, 3.63) is 54.1 Å². The highest BCUT2D eigenvalue weighted by atomic mass is 32.2. The third kappa shape index (κ3) is 8.96. The SMILES string of the molecule is CCCNC(=O)C(CC)N(Cc1ccc(OC)cc1)C(=O)CCCN(c1ccc(OC)cc1)S(C)(=O)=O. The number of methoxy groups -OCH3 is 2. The van der Waals surface area contributed by atoms with Gasteiger partial charge in [0.15, 0.2) is 0 Å². The molecule has 1 unspecified atom stereocenters. The van der Waals surface area contributed by atoms with Gasteiger partial charge < -0.3 is 19.7 Å². The van der Waals surface area contributed by atoms with Gasteiger partial charge in [-0.15, -0.1) is 0 Å². The van der Waals surface area contributed by atoms with E-state index >= 15 is 0 Å². The van der Waals surface area contributed by atoms with Gasteiger partial charge in [-0.1, -0.05) is 26.0 Å². The van der Waals surface area contributed by atoms with Crippen LogP contribution in [0.5, 0.6) is 11.5 Å². The molecule has 10 heteroatoms. The number of carbonyl (C=O) groups excluding carboxylic acids is 2. The number of nitrogens with zero attached hydrogens (tertiary/aromatic N) is 2. The largest absolute Gasteiger partial charge is 0.497 e. The van der Waals surface area contributed by atoms with Gasteiger partial charge in [0.1, 0.15) is 17.5 Å². The van der Waals surface area contributed by atoms with Crippen molar-refractivity contribution in [2.45, 2.75) is 52.1 Å². The van der Waals surface area contributed by atoms with Crippen molar-refractivity contribution < 1.29 is 27.5 Å². The van der Waals surface area contributed by atoms with Crippen molar-refractivity contribution in [3.8, 4) is 11.5 Å². The molecule has 2 aromatic carbocycles. The highest BCUT2D eigenvalue weighted by molar-refractivity contribution is 7.92. The molecular formula is C27H39N3O6S. The summed E-state index contributed by atoms with van der Waals surface area (Å²) in [5.74, 6) is 0.918. The zero-order chi connectivity index (χ0) is 27.4. The molecule has 0 spiro atoms. The molecule has 204 valence electrons. The van der Waals surface area contributed by atoms with Crippen LogP contribution in [0, 0.1) is 0 Å². The summed E-state index contributed by atoms with van der Waals surface area (Å²) in [5, 5.41) is 2.90. The Morgan fingerprint density at radius 2 is 1.51 bits per heavy atom. The van der Waals surface area contributed by atoms with Gasteiger partial charge in [0.2, 0.25) is 21.8 Å². The van der Waals surface area contributed by atoms with E-state index < -0.39 is 16.1 Å². The first-order valence-corrected chi connectivity index (χ1v) is 14.3. The maximum absolute atomic E-state index is 13.4. The summed E-state index contributed by atoms with van der Waals surface area (Å²) in [5.41, 5.74) is 1.36. The predicted molar refractivity (Wildman–Crippen MR) is 145 cm³/mol. The Morgan fingerprint density at radius 3 is 2.00 bits per heavy atom. The fraction of sp³-hybridized carbons (Fsp3) is 0.481. The van der Waals surface area contributed by atoms with E-state index in [2.05, 4.69) is 5.32 Å². The highest BCUT2D eigenvalue weighted by Gasteiger charge is 2.28. The lowest BCUT2D eigenvalue weighted by Gasteiger charge is -2.31. The van der Waals surface area contributed by atoms with E-state index in [0.29, 0.717) is 36.6 Å². The second kappa shape index (κ2) is 14.5. The Morgan fingerprint density at radius 1 is 0.946 bits per heavy atom. The van der Waals surface area contributed by atoms with Gasteiger partial charge in [-0.05, 0) is 61.2 Å². The second-order valence-corrected chi connectivity index (χ2v) is 10.6. The lowest BCUT2D eigenvalue weighted by molar-refractivity contribution is -0.141. The molecule has 0 heterocycles. The average molecular weight is 534 g/mol. The number of nitrogens with one attached hydrogen (secondary N) is 1. The van der Waals surface area contributed by atoms with Gasteiger partial charge in [0.25, 0.3) is 0 Å². The van der Waals surface area contributed by atoms with Crippen molar-refractivity contribution in [2.75, 3.05) is 37.9 Å². The smallest absolute Gasteiger partial charge is 0.242 e. The minimum atomic E-state index is -3.56. The van der Waals surface area contributed by atoms with E-state index in [-0.39, 0.29) is 31.3 Å². The third-order valence-corrected chi connectivity index (χ3v) is 7.15. The Balaban J connectivity index is 2.19. The number of rotatable bonds is 15. The topological polar surface area (TPSA) is 105 Å². The number of anilines is 1. The van der Waals surface area contributed by atoms with Crippen molar-refractivity contribution in [1.82, 2.24) is 10.2 Å². The number of amides is 2. The van der Waals surface area contributed by atoms with Gasteiger partial charge in [-0.25, -0.2) is 8.42 Å². The van der Waals surface area contributed by atoms with Crippen LogP contribution in [0.25, 0.3) is 0 Å². The van der Waals surface area contributed by atoms with E-state index in [4.69, 9.17) is 9.47 Å². The molecule has 0 aromatic heterocycles. The molecule has 0 saturated carbocycles. The van der Waals surface area contributed by atoms with Gasteiger partial charge in [0.05, 0.1) is 26.2 Å². The number of carbonyl (C=O) groups is 2. The van der Waals surface area contributed by atoms with Crippen LogP contribution < -0.4 is 19.1 Å². The molecule has 1 N–H and O–H groups in total. The molecule has 37 heavy (non-hydrogen) atoms. The maximum Gasteiger partial charge on any atom is 0.242 e. The van der Waals surface area contributed by atoms with E-state index in [9.17, 15) is 18.0 Å². The summed E-state index contributed by atoms with van der Waals surface area (Å²) in [7, 11) is -0.439. The summed E-state index contributed by atoms with van der Waals surface area (Å²) in [6.45, 7) is 4.77. The van der Waals surface area contributed by atoms with Crippen molar-refractivity contribution in [1.29, 1.82) is 0 Å². The monoisotopic (exact) mass is 533 g/mol. The first-order valence-electron chi connectivity index (χ1n) is 12.5. The van der Waals surface area contributed by atoms with E-state index in [1.807, 2.05) is 38.1 Å². The van der Waals surface area contributed by atoms with Crippen LogP contribution in [0.2, 0.25) is 0 Å². The molecule has 0 bridgehead atoms. The lowest BCUT2D eigenvalue weighted by Crippen LogP contribution is -2.49. The molecule has 0 aliphatic carbocycles. The zero-order valence-corrected chi connectivity index (χ0v) is 23.2. The number of ether oxygens (including phenoxy) is 2. The van der Waals surface area contributed by atoms with Crippen LogP contribution >= 0.6 is 0 Å². The van der Waals surface area contributed by atoms with Gasteiger partial charge in [0, 0.05) is 26.1 Å². The summed E-state index contributed by atoms with van der Waals surface area (Å²) in [6.07, 6.45) is 2.78. The van der Waals surface area contributed by atoms with Crippen LogP contribution in [-0.2, 0) is 26.2 Å². The second-order valence-electron chi connectivity index (χ2n) is 8.72. The Bertz CT molecular complexity index is 1100. The van der Waals surface area contributed by atoms with E-state index in [1.54, 1.807) is 43.4 Å². The summed E-state index contributed by atoms with van der Waals surface area (Å²) in [4.78, 5) is 27.9. The van der Waals surface area contributed by atoms with Crippen molar-refractivity contribution in [2.24, 2.45) is 0 Å². The Labute approximate surface area is 220 Å². The minimum Gasteiger partial charge on any atom is -0.497 e. The molecular weight excluding hydrogens is 494 g/mol.